The van der Waals surface area contributed by atoms with Crippen molar-refractivity contribution in [3.63, 3.8) is 0 Å². The minimum Gasteiger partial charge on any atom is -0.268 e. The zero-order valence-corrected chi connectivity index (χ0v) is 6.48. The van der Waals surface area contributed by atoms with E-state index >= 15 is 0 Å². The van der Waals surface area contributed by atoms with Crippen LogP contribution >= 0.6 is 0 Å². The Balaban J connectivity index is 2.74. The SMILES string of the molecule is Cc1n[nH]c(=O)c2c1CCC2. The van der Waals surface area contributed by atoms with Crippen LogP contribution in [0, 0.1) is 6.92 Å². The summed E-state index contributed by atoms with van der Waals surface area (Å²) in [5.41, 5.74) is 3.12. The molecule has 1 N–H and O–H groups in total. The number of aromatic amines is 1. The number of nitrogens with zero attached hydrogens (tertiary/aromatic N) is 1. The molecular weight excluding hydrogens is 140 g/mol. The average Bonchev–Trinajstić information content (AvgIpc) is 2.45. The lowest BCUT2D eigenvalue weighted by Gasteiger charge is -1.98. The highest BCUT2D eigenvalue weighted by molar-refractivity contribution is 5.30. The highest BCUT2D eigenvalue weighted by atomic mass is 16.1. The standard InChI is InChI=1S/C8H10N2O/c1-5-6-3-2-4-7(6)8(11)10-9-5/h2-4H2,1H3,(H,10,11). The number of rotatable bonds is 0. The summed E-state index contributed by atoms with van der Waals surface area (Å²) in [5.74, 6) is 0. The van der Waals surface area contributed by atoms with E-state index in [2.05, 4.69) is 10.2 Å². The summed E-state index contributed by atoms with van der Waals surface area (Å²) in [6, 6.07) is 0. The lowest BCUT2D eigenvalue weighted by atomic mass is 10.1. The fraction of sp³-hybridized carbons (Fsp3) is 0.500. The summed E-state index contributed by atoms with van der Waals surface area (Å²) in [6.45, 7) is 1.94. The first-order valence-corrected chi connectivity index (χ1v) is 3.86. The van der Waals surface area contributed by atoms with Crippen molar-refractivity contribution < 1.29 is 0 Å². The molecule has 1 aromatic rings. The van der Waals surface area contributed by atoms with Crippen molar-refractivity contribution in [3.8, 4) is 0 Å². The van der Waals surface area contributed by atoms with Gasteiger partial charge in [0, 0.05) is 5.56 Å². The molecule has 2 rings (SSSR count). The summed E-state index contributed by atoms with van der Waals surface area (Å²) >= 11 is 0. The van der Waals surface area contributed by atoms with E-state index in [0.717, 1.165) is 30.5 Å². The third-order valence-electron chi connectivity index (χ3n) is 2.25. The molecule has 1 aliphatic rings. The molecule has 11 heavy (non-hydrogen) atoms. The van der Waals surface area contributed by atoms with Gasteiger partial charge < -0.3 is 0 Å². The summed E-state index contributed by atoms with van der Waals surface area (Å²) in [6.07, 6.45) is 3.05. The van der Waals surface area contributed by atoms with Gasteiger partial charge in [0.05, 0.1) is 5.69 Å². The van der Waals surface area contributed by atoms with Gasteiger partial charge in [-0.3, -0.25) is 4.79 Å². The van der Waals surface area contributed by atoms with E-state index in [1.165, 1.54) is 5.56 Å². The van der Waals surface area contributed by atoms with Crippen molar-refractivity contribution in [1.29, 1.82) is 0 Å². The van der Waals surface area contributed by atoms with Gasteiger partial charge in [-0.2, -0.15) is 5.10 Å². The average molecular weight is 150 g/mol. The van der Waals surface area contributed by atoms with Crippen molar-refractivity contribution in [2.75, 3.05) is 0 Å². The highest BCUT2D eigenvalue weighted by Crippen LogP contribution is 2.19. The van der Waals surface area contributed by atoms with E-state index in [1.54, 1.807) is 0 Å². The number of hydrogen-bond donors (Lipinski definition) is 1. The number of fused-ring (bicyclic) bond motifs is 1. The first kappa shape index (κ1) is 6.58. The summed E-state index contributed by atoms with van der Waals surface area (Å²) in [7, 11) is 0. The van der Waals surface area contributed by atoms with Crippen LogP contribution in [0.25, 0.3) is 0 Å². The van der Waals surface area contributed by atoms with Crippen molar-refractivity contribution in [3.05, 3.63) is 27.2 Å². The van der Waals surface area contributed by atoms with Crippen LogP contribution in [0.4, 0.5) is 0 Å². The fourth-order valence-electron chi connectivity index (χ4n) is 1.66. The van der Waals surface area contributed by atoms with Gasteiger partial charge in [-0.1, -0.05) is 0 Å². The Morgan fingerprint density at radius 3 is 2.82 bits per heavy atom. The normalized spacial score (nSPS) is 15.0. The molecule has 1 aliphatic carbocycles. The van der Waals surface area contributed by atoms with Crippen molar-refractivity contribution >= 4 is 0 Å². The zero-order chi connectivity index (χ0) is 7.84. The predicted molar refractivity (Wildman–Crippen MR) is 41.6 cm³/mol. The second kappa shape index (κ2) is 2.19. The van der Waals surface area contributed by atoms with Gasteiger partial charge in [0.25, 0.3) is 5.56 Å². The van der Waals surface area contributed by atoms with Crippen LogP contribution in [-0.2, 0) is 12.8 Å². The lowest BCUT2D eigenvalue weighted by molar-refractivity contribution is 0.906. The monoisotopic (exact) mass is 150 g/mol. The van der Waals surface area contributed by atoms with Gasteiger partial charge in [-0.25, -0.2) is 5.10 Å². The van der Waals surface area contributed by atoms with Crippen molar-refractivity contribution in [1.82, 2.24) is 10.2 Å². The molecule has 0 bridgehead atoms. The van der Waals surface area contributed by atoms with Gasteiger partial charge in [-0.15, -0.1) is 0 Å². The van der Waals surface area contributed by atoms with Gasteiger partial charge >= 0.3 is 0 Å². The van der Waals surface area contributed by atoms with Crippen LogP contribution in [-0.4, -0.2) is 10.2 Å². The quantitative estimate of drug-likeness (QED) is 0.587. The Bertz CT molecular complexity index is 340. The predicted octanol–water partition coefficient (Wildman–Crippen LogP) is 0.567. The molecule has 1 heterocycles. The summed E-state index contributed by atoms with van der Waals surface area (Å²) in [4.78, 5) is 11.1. The van der Waals surface area contributed by atoms with E-state index in [-0.39, 0.29) is 5.56 Å². The summed E-state index contributed by atoms with van der Waals surface area (Å²) in [5, 5.41) is 6.41. The molecule has 0 saturated heterocycles. The second-order valence-corrected chi connectivity index (χ2v) is 2.95. The van der Waals surface area contributed by atoms with E-state index in [0.29, 0.717) is 0 Å². The molecule has 3 nitrogen and oxygen atoms in total. The van der Waals surface area contributed by atoms with Gasteiger partial charge in [0.15, 0.2) is 0 Å². The number of aryl methyl sites for hydroxylation is 1. The van der Waals surface area contributed by atoms with Crippen LogP contribution < -0.4 is 5.56 Å². The molecule has 0 aliphatic heterocycles. The van der Waals surface area contributed by atoms with E-state index < -0.39 is 0 Å². The number of H-pyrrole nitrogens is 1. The van der Waals surface area contributed by atoms with Crippen LogP contribution in [0.2, 0.25) is 0 Å². The Morgan fingerprint density at radius 2 is 2.09 bits per heavy atom. The molecule has 0 spiro atoms. The molecule has 0 saturated carbocycles. The fourth-order valence-corrected chi connectivity index (χ4v) is 1.66. The molecule has 0 fully saturated rings. The molecular formula is C8H10N2O. The van der Waals surface area contributed by atoms with Crippen LogP contribution in [0.5, 0.6) is 0 Å². The van der Waals surface area contributed by atoms with Crippen molar-refractivity contribution in [2.45, 2.75) is 26.2 Å². The topological polar surface area (TPSA) is 45.8 Å². The largest absolute Gasteiger partial charge is 0.268 e. The smallest absolute Gasteiger partial charge is 0.267 e. The molecule has 3 heteroatoms. The highest BCUT2D eigenvalue weighted by Gasteiger charge is 2.16. The Hall–Kier alpha value is -1.12. The lowest BCUT2D eigenvalue weighted by Crippen LogP contribution is -2.15. The number of nitrogens with one attached hydrogen (secondary N) is 1. The maximum Gasteiger partial charge on any atom is 0.267 e. The molecule has 58 valence electrons. The molecule has 1 aromatic heterocycles. The minimum absolute atomic E-state index is 0.00287. The first-order valence-electron chi connectivity index (χ1n) is 3.86. The third-order valence-corrected chi connectivity index (χ3v) is 2.25. The van der Waals surface area contributed by atoms with E-state index in [4.69, 9.17) is 0 Å². The van der Waals surface area contributed by atoms with Gasteiger partial charge in [0.1, 0.15) is 0 Å². The molecule has 0 atom stereocenters. The maximum absolute atomic E-state index is 11.1. The zero-order valence-electron chi connectivity index (χ0n) is 6.48. The Kier molecular flexibility index (Phi) is 1.31. The van der Waals surface area contributed by atoms with Crippen molar-refractivity contribution in [2.24, 2.45) is 0 Å². The number of hydrogen-bond acceptors (Lipinski definition) is 2. The minimum atomic E-state index is 0.00287. The molecule has 0 radical (unpaired) electrons. The Morgan fingerprint density at radius 1 is 1.36 bits per heavy atom. The van der Waals surface area contributed by atoms with E-state index in [9.17, 15) is 4.79 Å². The number of aromatic nitrogens is 2. The van der Waals surface area contributed by atoms with Crippen LogP contribution in [0.3, 0.4) is 0 Å². The van der Waals surface area contributed by atoms with E-state index in [1.807, 2.05) is 6.92 Å². The van der Waals surface area contributed by atoms with Crippen LogP contribution in [0.1, 0.15) is 23.2 Å². The van der Waals surface area contributed by atoms with Crippen LogP contribution in [0.15, 0.2) is 4.79 Å². The van der Waals surface area contributed by atoms with Gasteiger partial charge in [0.2, 0.25) is 0 Å². The first-order chi connectivity index (χ1) is 5.29. The molecule has 0 amide bonds. The third kappa shape index (κ3) is 0.878. The second-order valence-electron chi connectivity index (χ2n) is 2.95. The van der Waals surface area contributed by atoms with Gasteiger partial charge in [-0.05, 0) is 31.7 Å². The maximum atomic E-state index is 11.1. The summed E-state index contributed by atoms with van der Waals surface area (Å²) < 4.78 is 0. The molecule has 0 unspecified atom stereocenters. The molecule has 0 aromatic carbocycles. The Labute approximate surface area is 64.5 Å².